The van der Waals surface area contributed by atoms with Gasteiger partial charge in [-0.25, -0.2) is 15.0 Å². The van der Waals surface area contributed by atoms with Gasteiger partial charge in [0.15, 0.2) is 0 Å². The van der Waals surface area contributed by atoms with Gasteiger partial charge in [0.25, 0.3) is 5.91 Å². The quantitative estimate of drug-likeness (QED) is 0.154. The largest absolute Gasteiger partial charge is 0.453 e. The first-order valence-corrected chi connectivity index (χ1v) is 16.8. The minimum atomic E-state index is -1.21. The molecule has 4 atom stereocenters. The molecule has 0 saturated heterocycles. The number of hydrazine groups is 1. The van der Waals surface area contributed by atoms with E-state index >= 15 is 0 Å². The summed E-state index contributed by atoms with van der Waals surface area (Å²) < 4.78 is 9.56. The van der Waals surface area contributed by atoms with Crippen LogP contribution < -0.4 is 21.4 Å². The zero-order valence-electron chi connectivity index (χ0n) is 30.7. The topological polar surface area (TPSA) is 171 Å². The Bertz CT molecular complexity index is 1570. The lowest BCUT2D eigenvalue weighted by atomic mass is 9.85. The average Bonchev–Trinajstić information content (AvgIpc) is 3.10. The highest BCUT2D eigenvalue weighted by Crippen LogP contribution is 2.24. The monoisotopic (exact) mass is 704 g/mol. The third kappa shape index (κ3) is 12.4. The molecule has 4 unspecified atom stereocenters. The predicted octanol–water partition coefficient (Wildman–Crippen LogP) is 4.21. The number of carbonyl (C=O) groups excluding carboxylic acids is 4. The van der Waals surface area contributed by atoms with Crippen molar-refractivity contribution in [3.63, 3.8) is 0 Å². The predicted molar refractivity (Wildman–Crippen MR) is 194 cm³/mol. The van der Waals surface area contributed by atoms with E-state index in [0.717, 1.165) is 22.4 Å². The van der Waals surface area contributed by atoms with E-state index in [4.69, 9.17) is 9.47 Å². The lowest BCUT2D eigenvalue weighted by Crippen LogP contribution is -2.61. The van der Waals surface area contributed by atoms with Gasteiger partial charge in [0, 0.05) is 18.3 Å². The Balaban J connectivity index is 1.92. The lowest BCUT2D eigenvalue weighted by Gasteiger charge is -2.36. The molecule has 0 saturated carbocycles. The Morgan fingerprint density at radius 2 is 1.31 bits per heavy atom. The molecule has 3 rings (SSSR count). The molecule has 0 aliphatic rings. The van der Waals surface area contributed by atoms with Crippen LogP contribution >= 0.6 is 0 Å². The minimum Gasteiger partial charge on any atom is -0.453 e. The average molecular weight is 705 g/mol. The van der Waals surface area contributed by atoms with Gasteiger partial charge < -0.3 is 30.5 Å². The number of rotatable bonds is 14. The zero-order valence-corrected chi connectivity index (χ0v) is 30.7. The number of benzene rings is 2. The number of carbonyl (C=O) groups is 4. The van der Waals surface area contributed by atoms with Crippen LogP contribution in [0.5, 0.6) is 0 Å². The summed E-state index contributed by atoms with van der Waals surface area (Å²) >= 11 is 0. The molecule has 1 heterocycles. The zero-order chi connectivity index (χ0) is 37.8. The molecule has 276 valence electrons. The molecule has 0 aliphatic heterocycles. The molecule has 5 N–H and O–H groups in total. The molecular weight excluding hydrogens is 652 g/mol. The van der Waals surface area contributed by atoms with Gasteiger partial charge in [-0.1, -0.05) is 102 Å². The number of nitrogens with zero attached hydrogens (tertiary/aromatic N) is 2. The normalized spacial score (nSPS) is 13.9. The van der Waals surface area contributed by atoms with E-state index < -0.39 is 59.1 Å². The summed E-state index contributed by atoms with van der Waals surface area (Å²) in [6, 6.07) is 19.7. The Morgan fingerprint density at radius 3 is 1.84 bits per heavy atom. The third-order valence-corrected chi connectivity index (χ3v) is 8.24. The van der Waals surface area contributed by atoms with Gasteiger partial charge in [-0.15, -0.1) is 0 Å². The first-order valence-electron chi connectivity index (χ1n) is 16.8. The highest BCUT2D eigenvalue weighted by molar-refractivity contribution is 5.87. The number of pyridine rings is 1. The Morgan fingerprint density at radius 1 is 0.745 bits per heavy atom. The molecular formula is C38H52N6O7. The van der Waals surface area contributed by atoms with Crippen LogP contribution in [0.25, 0.3) is 11.3 Å². The molecule has 0 spiro atoms. The molecule has 13 nitrogen and oxygen atoms in total. The molecule has 51 heavy (non-hydrogen) atoms. The standard InChI is InChI=1S/C38H52N6O7/c1-37(2,3)31(42-35(48)50-7)33(46)41-29(22-25-14-10-9-11-15-25)30(45)23-40-44(34(47)32(38(4,5)6)43-36(49)51-8)24-26-17-19-27(20-18-26)28-16-12-13-21-39-28/h9-21,29-32,40,45H,22-24H2,1-8H3,(H,41,46)(H,42,48)(H,43,49). The van der Waals surface area contributed by atoms with Crippen LogP contribution in [-0.4, -0.2) is 84.1 Å². The van der Waals surface area contributed by atoms with E-state index in [1.807, 2.05) is 93.6 Å². The Hall–Kier alpha value is -5.01. The maximum absolute atomic E-state index is 14.2. The Labute approximate surface area is 300 Å². The number of hydrogen-bond donors (Lipinski definition) is 5. The smallest absolute Gasteiger partial charge is 0.407 e. The number of alkyl carbamates (subject to hydrolysis) is 2. The van der Waals surface area contributed by atoms with Gasteiger partial charge in [-0.05, 0) is 40.5 Å². The number of hydrogen-bond acceptors (Lipinski definition) is 9. The summed E-state index contributed by atoms with van der Waals surface area (Å²) in [5.41, 5.74) is 5.00. The van der Waals surface area contributed by atoms with Gasteiger partial charge in [0.05, 0.1) is 38.6 Å². The molecule has 0 aliphatic carbocycles. The van der Waals surface area contributed by atoms with Crippen molar-refractivity contribution in [3.8, 4) is 11.3 Å². The van der Waals surface area contributed by atoms with Crippen molar-refractivity contribution in [2.45, 2.75) is 78.7 Å². The number of aliphatic hydroxyl groups excluding tert-OH is 1. The SMILES string of the molecule is COC(=O)NC(C(=O)NC(Cc1ccccc1)C(O)CNN(Cc1ccc(-c2ccccn2)cc1)C(=O)C(NC(=O)OC)C(C)(C)C)C(C)(C)C. The maximum atomic E-state index is 14.2. The highest BCUT2D eigenvalue weighted by Gasteiger charge is 2.38. The first-order chi connectivity index (χ1) is 24.0. The summed E-state index contributed by atoms with van der Waals surface area (Å²) in [6.07, 6.45) is -0.768. The molecule has 4 amide bonds. The van der Waals surface area contributed by atoms with Gasteiger partial charge in [0.2, 0.25) is 5.91 Å². The van der Waals surface area contributed by atoms with Gasteiger partial charge in [-0.2, -0.15) is 0 Å². The van der Waals surface area contributed by atoms with E-state index in [-0.39, 0.29) is 19.5 Å². The fourth-order valence-electron chi connectivity index (χ4n) is 5.31. The van der Waals surface area contributed by atoms with Crippen LogP contribution in [0, 0.1) is 10.8 Å². The summed E-state index contributed by atoms with van der Waals surface area (Å²) in [6.45, 7) is 10.8. The van der Waals surface area contributed by atoms with E-state index in [9.17, 15) is 24.3 Å². The van der Waals surface area contributed by atoms with Crippen LogP contribution in [-0.2, 0) is 32.0 Å². The summed E-state index contributed by atoms with van der Waals surface area (Å²) in [5.74, 6) is -0.975. The van der Waals surface area contributed by atoms with Crippen molar-refractivity contribution in [1.29, 1.82) is 0 Å². The number of nitrogens with one attached hydrogen (secondary N) is 4. The van der Waals surface area contributed by atoms with Crippen LogP contribution in [0.15, 0.2) is 79.0 Å². The van der Waals surface area contributed by atoms with E-state index in [0.29, 0.717) is 0 Å². The number of amides is 4. The van der Waals surface area contributed by atoms with Gasteiger partial charge in [0.1, 0.15) is 12.1 Å². The summed E-state index contributed by atoms with van der Waals surface area (Å²) in [4.78, 5) is 56.7. The molecule has 1 aromatic heterocycles. The van der Waals surface area contributed by atoms with E-state index in [1.165, 1.54) is 19.2 Å². The van der Waals surface area contributed by atoms with Crippen molar-refractivity contribution < 1.29 is 33.8 Å². The number of ether oxygens (including phenoxy) is 2. The second kappa shape index (κ2) is 18.3. The van der Waals surface area contributed by atoms with Crippen molar-refractivity contribution in [3.05, 3.63) is 90.1 Å². The molecule has 0 bridgehead atoms. The van der Waals surface area contributed by atoms with Crippen molar-refractivity contribution in [1.82, 2.24) is 31.4 Å². The van der Waals surface area contributed by atoms with Crippen LogP contribution in [0.3, 0.4) is 0 Å². The minimum absolute atomic E-state index is 0.0777. The summed E-state index contributed by atoms with van der Waals surface area (Å²) in [7, 11) is 2.44. The third-order valence-electron chi connectivity index (χ3n) is 8.24. The van der Waals surface area contributed by atoms with Crippen molar-refractivity contribution in [2.75, 3.05) is 20.8 Å². The highest BCUT2D eigenvalue weighted by atomic mass is 16.5. The fourth-order valence-corrected chi connectivity index (χ4v) is 5.31. The fraction of sp³-hybridized carbons (Fsp3) is 0.447. The number of aliphatic hydroxyl groups is 1. The van der Waals surface area contributed by atoms with Crippen LogP contribution in [0.2, 0.25) is 0 Å². The molecule has 0 fully saturated rings. The van der Waals surface area contributed by atoms with Crippen molar-refractivity contribution in [2.24, 2.45) is 10.8 Å². The molecule has 3 aromatic rings. The van der Waals surface area contributed by atoms with Gasteiger partial charge >= 0.3 is 12.2 Å². The van der Waals surface area contributed by atoms with Crippen LogP contribution in [0.1, 0.15) is 52.7 Å². The molecule has 0 radical (unpaired) electrons. The van der Waals surface area contributed by atoms with Gasteiger partial charge in [-0.3, -0.25) is 19.6 Å². The van der Waals surface area contributed by atoms with E-state index in [2.05, 4.69) is 26.4 Å². The maximum Gasteiger partial charge on any atom is 0.407 e. The van der Waals surface area contributed by atoms with Crippen LogP contribution in [0.4, 0.5) is 9.59 Å². The van der Waals surface area contributed by atoms with Crippen molar-refractivity contribution >= 4 is 24.0 Å². The molecule has 13 heteroatoms. The first kappa shape index (κ1) is 40.4. The molecule has 2 aromatic carbocycles. The number of aromatic nitrogens is 1. The number of methoxy groups -OCH3 is 2. The second-order valence-corrected chi connectivity index (χ2v) is 14.4. The summed E-state index contributed by atoms with van der Waals surface area (Å²) in [5, 5.41) is 21.2. The Kier molecular flexibility index (Phi) is 14.5. The van der Waals surface area contributed by atoms with E-state index in [1.54, 1.807) is 27.0 Å². The lowest BCUT2D eigenvalue weighted by molar-refractivity contribution is -0.141. The second-order valence-electron chi connectivity index (χ2n) is 14.4.